The Balaban J connectivity index is 2.57. The second kappa shape index (κ2) is 6.95. The summed E-state index contributed by atoms with van der Waals surface area (Å²) in [5.74, 6) is -17.4. The van der Waals surface area contributed by atoms with Crippen molar-refractivity contribution in [2.45, 2.75) is 12.4 Å². The van der Waals surface area contributed by atoms with Gasteiger partial charge in [0, 0.05) is 0 Å². The molecule has 28 heavy (non-hydrogen) atoms. The first-order valence-corrected chi connectivity index (χ1v) is 6.67. The van der Waals surface area contributed by atoms with Crippen molar-refractivity contribution >= 4 is 5.97 Å². The van der Waals surface area contributed by atoms with Gasteiger partial charge in [-0.1, -0.05) is 0 Å². The maximum atomic E-state index is 13.5. The van der Waals surface area contributed by atoms with Crippen LogP contribution in [0.15, 0.2) is 18.2 Å². The third-order valence-corrected chi connectivity index (χ3v) is 3.19. The summed E-state index contributed by atoms with van der Waals surface area (Å²) in [5, 5.41) is 0. The molecule has 0 heterocycles. The van der Waals surface area contributed by atoms with Gasteiger partial charge in [-0.15, -0.1) is 0 Å². The Morgan fingerprint density at radius 3 is 1.36 bits per heavy atom. The molecule has 152 valence electrons. The van der Waals surface area contributed by atoms with Crippen LogP contribution in [0, 0.1) is 29.1 Å². The van der Waals surface area contributed by atoms with Crippen molar-refractivity contribution < 1.29 is 57.8 Å². The molecule has 0 aliphatic heterocycles. The van der Waals surface area contributed by atoms with Gasteiger partial charge >= 0.3 is 18.3 Å². The number of alkyl halides is 6. The van der Waals surface area contributed by atoms with Crippen LogP contribution in [0.25, 0.3) is 0 Å². The Kier molecular flexibility index (Phi) is 5.32. The van der Waals surface area contributed by atoms with E-state index in [1.807, 2.05) is 0 Å². The number of halogens is 11. The highest BCUT2D eigenvalue weighted by atomic mass is 19.4. The van der Waals surface area contributed by atoms with Gasteiger partial charge in [0.25, 0.3) is 0 Å². The van der Waals surface area contributed by atoms with Crippen LogP contribution in [0.4, 0.5) is 48.3 Å². The summed E-state index contributed by atoms with van der Waals surface area (Å²) in [6, 6.07) is -0.650. The number of ether oxygens (including phenoxy) is 1. The molecule has 0 unspecified atom stereocenters. The lowest BCUT2D eigenvalue weighted by molar-refractivity contribution is -0.143. The summed E-state index contributed by atoms with van der Waals surface area (Å²) in [4.78, 5) is 11.8. The Morgan fingerprint density at radius 2 is 1.00 bits per heavy atom. The molecular formula is C15H3F11O2. The molecule has 0 aliphatic carbocycles. The fraction of sp³-hybridized carbons (Fsp3) is 0.133. The second-order valence-corrected chi connectivity index (χ2v) is 5.08. The summed E-state index contributed by atoms with van der Waals surface area (Å²) < 4.78 is 146. The van der Waals surface area contributed by atoms with Crippen molar-refractivity contribution in [1.82, 2.24) is 0 Å². The number of carbonyl (C=O) groups is 1. The summed E-state index contributed by atoms with van der Waals surface area (Å²) in [7, 11) is 0. The molecular weight excluding hydrogens is 421 g/mol. The van der Waals surface area contributed by atoms with Crippen molar-refractivity contribution in [2.24, 2.45) is 0 Å². The third-order valence-electron chi connectivity index (χ3n) is 3.19. The zero-order chi connectivity index (χ0) is 21.6. The number of rotatable bonds is 2. The lowest BCUT2D eigenvalue weighted by atomic mass is 10.0. The summed E-state index contributed by atoms with van der Waals surface area (Å²) in [5.41, 5.74) is -5.43. The maximum absolute atomic E-state index is 13.5. The van der Waals surface area contributed by atoms with Crippen LogP contribution >= 0.6 is 0 Å². The van der Waals surface area contributed by atoms with Gasteiger partial charge < -0.3 is 4.74 Å². The average molecular weight is 424 g/mol. The molecule has 2 rings (SSSR count). The monoisotopic (exact) mass is 424 g/mol. The van der Waals surface area contributed by atoms with Gasteiger partial charge in [-0.2, -0.15) is 35.1 Å². The average Bonchev–Trinajstić information content (AvgIpc) is 2.60. The van der Waals surface area contributed by atoms with Gasteiger partial charge in [-0.05, 0) is 18.2 Å². The quantitative estimate of drug-likeness (QED) is 0.205. The predicted molar refractivity (Wildman–Crippen MR) is 67.6 cm³/mol. The van der Waals surface area contributed by atoms with E-state index in [2.05, 4.69) is 4.74 Å². The van der Waals surface area contributed by atoms with E-state index in [0.29, 0.717) is 0 Å². The maximum Gasteiger partial charge on any atom is 0.416 e. The molecule has 0 saturated heterocycles. The van der Waals surface area contributed by atoms with E-state index < -0.39 is 69.8 Å². The molecule has 0 N–H and O–H groups in total. The molecule has 0 saturated carbocycles. The molecule has 2 nitrogen and oxygen atoms in total. The zero-order valence-corrected chi connectivity index (χ0v) is 12.7. The van der Waals surface area contributed by atoms with E-state index in [0.717, 1.165) is 0 Å². The minimum Gasteiger partial charge on any atom is -0.416 e. The summed E-state index contributed by atoms with van der Waals surface area (Å²) >= 11 is 0. The number of esters is 1. The molecule has 0 aromatic heterocycles. The molecule has 0 radical (unpaired) electrons. The first-order chi connectivity index (χ1) is 12.6. The van der Waals surface area contributed by atoms with E-state index in [9.17, 15) is 53.1 Å². The van der Waals surface area contributed by atoms with Crippen LogP contribution in [-0.2, 0) is 12.4 Å². The van der Waals surface area contributed by atoms with Crippen LogP contribution in [0.5, 0.6) is 5.75 Å². The number of hydrogen-bond donors (Lipinski definition) is 0. The van der Waals surface area contributed by atoms with Crippen LogP contribution in [0.2, 0.25) is 0 Å². The van der Waals surface area contributed by atoms with Crippen molar-refractivity contribution in [3.63, 3.8) is 0 Å². The molecule has 2 aromatic rings. The standard InChI is InChI=1S/C15H3F11O2/c16-7-8(17)10(19)12(11(20)9(7)18)28-13(27)4-1-5(14(21,22)23)3-6(2-4)15(24,25)26/h1-3H. The van der Waals surface area contributed by atoms with Crippen molar-refractivity contribution in [1.29, 1.82) is 0 Å². The van der Waals surface area contributed by atoms with E-state index >= 15 is 0 Å². The summed E-state index contributed by atoms with van der Waals surface area (Å²) in [6.07, 6.45) is -10.7. The molecule has 0 aliphatic rings. The second-order valence-electron chi connectivity index (χ2n) is 5.08. The van der Waals surface area contributed by atoms with E-state index in [4.69, 9.17) is 0 Å². The van der Waals surface area contributed by atoms with Crippen molar-refractivity contribution in [3.05, 3.63) is 64.0 Å². The Labute approximate surface area is 147 Å². The van der Waals surface area contributed by atoms with E-state index in [1.54, 1.807) is 0 Å². The topological polar surface area (TPSA) is 26.3 Å². The first-order valence-electron chi connectivity index (χ1n) is 6.67. The van der Waals surface area contributed by atoms with Gasteiger partial charge in [0.1, 0.15) is 0 Å². The molecule has 2 aromatic carbocycles. The lowest BCUT2D eigenvalue weighted by Gasteiger charge is -2.14. The molecule has 0 amide bonds. The highest BCUT2D eigenvalue weighted by Crippen LogP contribution is 2.37. The van der Waals surface area contributed by atoms with Crippen LogP contribution < -0.4 is 4.74 Å². The largest absolute Gasteiger partial charge is 0.416 e. The van der Waals surface area contributed by atoms with Crippen LogP contribution in [0.3, 0.4) is 0 Å². The fourth-order valence-corrected chi connectivity index (χ4v) is 1.90. The SMILES string of the molecule is O=C(Oc1c(F)c(F)c(F)c(F)c1F)c1cc(C(F)(F)F)cc(C(F)(F)F)c1. The highest BCUT2D eigenvalue weighted by molar-refractivity contribution is 5.91. The Morgan fingerprint density at radius 1 is 0.643 bits per heavy atom. The van der Waals surface area contributed by atoms with Gasteiger partial charge in [-0.3, -0.25) is 0 Å². The zero-order valence-electron chi connectivity index (χ0n) is 12.7. The smallest absolute Gasteiger partial charge is 0.416 e. The highest BCUT2D eigenvalue weighted by Gasteiger charge is 2.38. The molecule has 0 atom stereocenters. The number of hydrogen-bond acceptors (Lipinski definition) is 2. The van der Waals surface area contributed by atoms with Gasteiger partial charge in [0.05, 0.1) is 16.7 Å². The Bertz CT molecular complexity index is 883. The van der Waals surface area contributed by atoms with Crippen LogP contribution in [0.1, 0.15) is 21.5 Å². The van der Waals surface area contributed by atoms with E-state index in [1.165, 1.54) is 0 Å². The van der Waals surface area contributed by atoms with Gasteiger partial charge in [-0.25, -0.2) is 18.0 Å². The van der Waals surface area contributed by atoms with E-state index in [-0.39, 0.29) is 18.2 Å². The third kappa shape index (κ3) is 4.02. The minimum absolute atomic E-state index is 0.149. The first kappa shape index (κ1) is 21.4. The molecule has 13 heteroatoms. The van der Waals surface area contributed by atoms with Crippen LogP contribution in [-0.4, -0.2) is 5.97 Å². The van der Waals surface area contributed by atoms with Gasteiger partial charge in [0.2, 0.25) is 34.8 Å². The fourth-order valence-electron chi connectivity index (χ4n) is 1.90. The molecule has 0 spiro atoms. The normalized spacial score (nSPS) is 12.2. The van der Waals surface area contributed by atoms with Crippen molar-refractivity contribution in [3.8, 4) is 5.75 Å². The van der Waals surface area contributed by atoms with Gasteiger partial charge in [0.15, 0.2) is 0 Å². The predicted octanol–water partition coefficient (Wildman–Crippen LogP) is 5.64. The Hall–Kier alpha value is -2.86. The van der Waals surface area contributed by atoms with Crippen molar-refractivity contribution in [2.75, 3.05) is 0 Å². The number of benzene rings is 2. The lowest BCUT2D eigenvalue weighted by Crippen LogP contribution is -2.17. The summed E-state index contributed by atoms with van der Waals surface area (Å²) in [6.45, 7) is 0. The molecule has 0 bridgehead atoms. The molecule has 0 fully saturated rings. The minimum atomic E-state index is -5.36. The number of carbonyl (C=O) groups excluding carboxylic acids is 1.